The molecule has 0 aliphatic rings. The van der Waals surface area contributed by atoms with Crippen molar-refractivity contribution in [1.29, 1.82) is 0 Å². The third-order valence-electron chi connectivity index (χ3n) is 5.81. The summed E-state index contributed by atoms with van der Waals surface area (Å²) in [5.41, 5.74) is 0.167. The van der Waals surface area contributed by atoms with Gasteiger partial charge in [0.05, 0.1) is 0 Å². The van der Waals surface area contributed by atoms with Crippen molar-refractivity contribution in [2.45, 2.75) is 80.1 Å². The van der Waals surface area contributed by atoms with Crippen molar-refractivity contribution in [2.24, 2.45) is 17.8 Å². The van der Waals surface area contributed by atoms with Crippen molar-refractivity contribution in [3.8, 4) is 0 Å². The summed E-state index contributed by atoms with van der Waals surface area (Å²) in [6.07, 6.45) is 3.61. The molecule has 0 bridgehead atoms. The molecule has 0 aromatic rings. The van der Waals surface area contributed by atoms with E-state index in [4.69, 9.17) is 13.6 Å². The van der Waals surface area contributed by atoms with Gasteiger partial charge in [-0.25, -0.2) is 14.4 Å². The molecule has 0 fully saturated rings. The monoisotopic (exact) mass is 470 g/mol. The Morgan fingerprint density at radius 2 is 0.750 bits per heavy atom. The number of rotatable bonds is 15. The van der Waals surface area contributed by atoms with Gasteiger partial charge < -0.3 is 13.6 Å². The van der Waals surface area contributed by atoms with Crippen molar-refractivity contribution >= 4 is 25.7 Å². The van der Waals surface area contributed by atoms with Crippen LogP contribution in [0.5, 0.6) is 0 Å². The van der Waals surface area contributed by atoms with Crippen LogP contribution in [-0.2, 0) is 32.5 Å². The molecule has 0 spiro atoms. The average molecular weight is 471 g/mol. The molecule has 0 aromatic heterocycles. The van der Waals surface area contributed by atoms with Gasteiger partial charge in [0.2, 0.25) is 0 Å². The molecular formula is C24H39O7P. The van der Waals surface area contributed by atoms with Crippen molar-refractivity contribution < 1.29 is 32.5 Å². The van der Waals surface area contributed by atoms with Crippen molar-refractivity contribution in [2.75, 3.05) is 0 Å². The van der Waals surface area contributed by atoms with E-state index in [2.05, 4.69) is 19.7 Å². The van der Waals surface area contributed by atoms with Crippen molar-refractivity contribution in [1.82, 2.24) is 0 Å². The summed E-state index contributed by atoms with van der Waals surface area (Å²) in [5.74, 6) is -3.82. The van der Waals surface area contributed by atoms with E-state index in [0.717, 1.165) is 0 Å². The minimum Gasteiger partial charge on any atom is -0.348 e. The summed E-state index contributed by atoms with van der Waals surface area (Å²) in [6, 6.07) is 0. The Bertz CT molecular complexity index is 656. The van der Waals surface area contributed by atoms with Crippen LogP contribution in [0.25, 0.3) is 0 Å². The fraction of sp³-hybridized carbons (Fsp3) is 0.625. The van der Waals surface area contributed by atoms with E-state index in [0.29, 0.717) is 38.5 Å². The van der Waals surface area contributed by atoms with Gasteiger partial charge in [0.25, 0.3) is 0 Å². The minimum atomic E-state index is -4.96. The van der Waals surface area contributed by atoms with Crippen LogP contribution in [0.3, 0.4) is 0 Å². The summed E-state index contributed by atoms with van der Waals surface area (Å²) in [7, 11) is -4.96. The first-order valence-corrected chi connectivity index (χ1v) is 12.8. The number of phosphoric ester groups is 1. The zero-order valence-electron chi connectivity index (χ0n) is 20.4. The number of carbonyl (C=O) groups excluding carboxylic acids is 3. The minimum absolute atomic E-state index is 0.0555. The number of hydrogen-bond donors (Lipinski definition) is 0. The van der Waals surface area contributed by atoms with E-state index < -0.39 is 25.7 Å². The molecule has 7 nitrogen and oxygen atoms in total. The molecule has 0 rings (SSSR count). The van der Waals surface area contributed by atoms with E-state index in [1.807, 2.05) is 41.5 Å². The number of carbonyl (C=O) groups is 3. The first-order chi connectivity index (χ1) is 14.9. The Balaban J connectivity index is 5.88. The van der Waals surface area contributed by atoms with Gasteiger partial charge >= 0.3 is 25.7 Å². The summed E-state index contributed by atoms with van der Waals surface area (Å²) < 4.78 is 28.2. The van der Waals surface area contributed by atoms with Crippen LogP contribution in [0.15, 0.2) is 36.5 Å². The zero-order chi connectivity index (χ0) is 25.1. The topological polar surface area (TPSA) is 96.0 Å². The molecule has 182 valence electrons. The van der Waals surface area contributed by atoms with Crippen LogP contribution < -0.4 is 0 Å². The van der Waals surface area contributed by atoms with Gasteiger partial charge in [-0.15, -0.1) is 0 Å². The molecule has 0 amide bonds. The zero-order valence-corrected chi connectivity index (χ0v) is 21.3. The molecule has 32 heavy (non-hydrogen) atoms. The maximum Gasteiger partial charge on any atom is 0.654 e. The molecule has 0 saturated carbocycles. The number of hydrogen-bond acceptors (Lipinski definition) is 7. The third kappa shape index (κ3) is 8.42. The molecule has 0 heterocycles. The molecule has 0 unspecified atom stereocenters. The van der Waals surface area contributed by atoms with Crippen LogP contribution in [0.4, 0.5) is 0 Å². The molecule has 8 heteroatoms. The average Bonchev–Trinajstić information content (AvgIpc) is 2.75. The highest BCUT2D eigenvalue weighted by Gasteiger charge is 2.42. The van der Waals surface area contributed by atoms with Gasteiger partial charge in [-0.05, 0) is 56.3 Å². The fourth-order valence-corrected chi connectivity index (χ4v) is 4.45. The van der Waals surface area contributed by atoms with E-state index >= 15 is 0 Å². The molecule has 0 N–H and O–H groups in total. The van der Waals surface area contributed by atoms with Crippen molar-refractivity contribution in [3.63, 3.8) is 0 Å². The first kappa shape index (κ1) is 29.9. The van der Waals surface area contributed by atoms with Crippen LogP contribution in [0, 0.1) is 17.8 Å². The Morgan fingerprint density at radius 3 is 0.906 bits per heavy atom. The third-order valence-corrected chi connectivity index (χ3v) is 6.97. The summed E-state index contributed by atoms with van der Waals surface area (Å²) in [5, 5.41) is 0. The normalized spacial score (nSPS) is 11.4. The van der Waals surface area contributed by atoms with Gasteiger partial charge in [-0.3, -0.25) is 0 Å². The van der Waals surface area contributed by atoms with Gasteiger partial charge in [0.15, 0.2) is 0 Å². The van der Waals surface area contributed by atoms with Crippen LogP contribution in [-0.4, -0.2) is 17.9 Å². The number of phosphoric acid groups is 1. The van der Waals surface area contributed by atoms with E-state index in [-0.39, 0.29) is 34.5 Å². The van der Waals surface area contributed by atoms with E-state index in [1.54, 1.807) is 0 Å². The van der Waals surface area contributed by atoms with Gasteiger partial charge in [-0.2, -0.15) is 4.57 Å². The van der Waals surface area contributed by atoms with Crippen LogP contribution in [0.1, 0.15) is 80.1 Å². The summed E-state index contributed by atoms with van der Waals surface area (Å²) in [4.78, 5) is 37.8. The fourth-order valence-electron chi connectivity index (χ4n) is 3.38. The Morgan fingerprint density at radius 1 is 0.562 bits per heavy atom. The molecule has 0 atom stereocenters. The Kier molecular flexibility index (Phi) is 13.2. The van der Waals surface area contributed by atoms with E-state index in [1.165, 1.54) is 0 Å². The van der Waals surface area contributed by atoms with Gasteiger partial charge in [0.1, 0.15) is 0 Å². The second-order valence-electron chi connectivity index (χ2n) is 7.70. The Hall–Kier alpha value is -2.14. The predicted molar refractivity (Wildman–Crippen MR) is 126 cm³/mol. The van der Waals surface area contributed by atoms with Crippen LogP contribution >= 0.6 is 7.82 Å². The lowest BCUT2D eigenvalue weighted by Crippen LogP contribution is -2.21. The quantitative estimate of drug-likeness (QED) is 0.194. The van der Waals surface area contributed by atoms with Crippen LogP contribution in [0.2, 0.25) is 0 Å². The summed E-state index contributed by atoms with van der Waals surface area (Å²) >= 11 is 0. The first-order valence-electron chi connectivity index (χ1n) is 11.3. The lowest BCUT2D eigenvalue weighted by atomic mass is 9.95. The smallest absolute Gasteiger partial charge is 0.348 e. The molecule has 0 saturated heterocycles. The SMILES string of the molecule is C=C(C(=O)OP(=O)(OC(=O)C(=C)C(CC)CC)OC(=O)C(=C)C(CC)CC)C(CC)CC. The lowest BCUT2D eigenvalue weighted by Gasteiger charge is -2.22. The molecule has 0 radical (unpaired) electrons. The highest BCUT2D eigenvalue weighted by atomic mass is 31.2. The highest BCUT2D eigenvalue weighted by Crippen LogP contribution is 2.52. The second kappa shape index (κ2) is 14.1. The maximum absolute atomic E-state index is 13.3. The molecule has 0 aromatic carbocycles. The molecule has 0 aliphatic carbocycles. The Labute approximate surface area is 192 Å². The van der Waals surface area contributed by atoms with Crippen molar-refractivity contribution in [3.05, 3.63) is 36.5 Å². The van der Waals surface area contributed by atoms with E-state index in [9.17, 15) is 18.9 Å². The standard InChI is InChI=1S/C24H39O7P/c1-10-19(11-2)16(7)22(25)29-32(28,30-23(26)17(8)20(12-3)13-4)31-24(27)18(9)21(14-5)15-6/h19-21H,7-15H2,1-6H3. The maximum atomic E-state index is 13.3. The van der Waals surface area contributed by atoms with Gasteiger partial charge in [0, 0.05) is 16.7 Å². The summed E-state index contributed by atoms with van der Waals surface area (Å²) in [6.45, 7) is 22.3. The predicted octanol–water partition coefficient (Wildman–Crippen LogP) is 6.70. The molecule has 0 aliphatic heterocycles. The largest absolute Gasteiger partial charge is 0.654 e. The van der Waals surface area contributed by atoms with Gasteiger partial charge in [-0.1, -0.05) is 61.3 Å². The molecular weight excluding hydrogens is 431 g/mol. The lowest BCUT2D eigenvalue weighted by molar-refractivity contribution is -0.140. The second-order valence-corrected chi connectivity index (χ2v) is 9.14. The highest BCUT2D eigenvalue weighted by molar-refractivity contribution is 7.50.